The Balaban J connectivity index is 1.39. The van der Waals surface area contributed by atoms with Crippen molar-refractivity contribution in [3.63, 3.8) is 0 Å². The van der Waals surface area contributed by atoms with Crippen LogP contribution in [0.25, 0.3) is 0 Å². The van der Waals surface area contributed by atoms with Crippen molar-refractivity contribution >= 4 is 0 Å². The Morgan fingerprint density at radius 1 is 0.969 bits per heavy atom. The van der Waals surface area contributed by atoms with Gasteiger partial charge in [0.05, 0.1) is 31.8 Å². The molecule has 5 rings (SSSR count). The number of hydrogen-bond donors (Lipinski definition) is 2. The second-order valence-corrected chi connectivity index (χ2v) is 11.7. The lowest BCUT2D eigenvalue weighted by Crippen LogP contribution is -2.56. The Morgan fingerprint density at radius 3 is 2.53 bits per heavy atom. The molecule has 0 amide bonds. The molecular formula is C27H44N2O3. The maximum Gasteiger partial charge on any atom is 0.102 e. The molecule has 1 heterocycles. The average Bonchev–Trinajstić information content (AvgIpc) is 3.43. The van der Waals surface area contributed by atoms with Crippen LogP contribution in [0.3, 0.4) is 0 Å². The zero-order valence-corrected chi connectivity index (χ0v) is 20.2. The quantitative estimate of drug-likeness (QED) is 0.629. The van der Waals surface area contributed by atoms with Crippen LogP contribution in [0.15, 0.2) is 23.0 Å². The summed E-state index contributed by atoms with van der Waals surface area (Å²) in [7, 11) is 0. The average molecular weight is 445 g/mol. The van der Waals surface area contributed by atoms with Crippen LogP contribution in [0.4, 0.5) is 0 Å². The van der Waals surface area contributed by atoms with E-state index < -0.39 is 0 Å². The van der Waals surface area contributed by atoms with E-state index in [9.17, 15) is 0 Å². The van der Waals surface area contributed by atoms with Crippen LogP contribution in [0, 0.1) is 34.5 Å². The Morgan fingerprint density at radius 2 is 1.78 bits per heavy atom. The molecule has 8 atom stereocenters. The van der Waals surface area contributed by atoms with Crippen LogP contribution in [0.5, 0.6) is 0 Å². The van der Waals surface area contributed by atoms with Gasteiger partial charge in [-0.25, -0.2) is 0 Å². The first kappa shape index (κ1) is 22.9. The third kappa shape index (κ3) is 3.33. The second-order valence-electron chi connectivity index (χ2n) is 11.7. The smallest absolute Gasteiger partial charge is 0.102 e. The maximum atomic E-state index is 6.71. The first-order chi connectivity index (χ1) is 15.5. The summed E-state index contributed by atoms with van der Waals surface area (Å²) in [6.45, 7) is 7.68. The summed E-state index contributed by atoms with van der Waals surface area (Å²) in [6.07, 6.45) is 15.6. The normalized spacial score (nSPS) is 45.8. The topological polar surface area (TPSA) is 83.6 Å². The molecule has 0 saturated heterocycles. The van der Waals surface area contributed by atoms with E-state index in [-0.39, 0.29) is 11.0 Å². The van der Waals surface area contributed by atoms with Crippen molar-refractivity contribution in [3.8, 4) is 0 Å². The summed E-state index contributed by atoms with van der Waals surface area (Å²) in [5.74, 6) is 3.17. The number of ether oxygens (including phenoxy) is 2. The standard InChI is InChI=1S/C27H44N2O3/c1-25-9-5-21(31-15-12-28)17-19(25)3-4-22-23(25)6-10-26(2)24(22)7-11-27(26,32-16-13-29)20-8-14-30-18-20/h8,14,18-19,21-24H,3-7,9-13,15-17,28-29H2,1-2H3/t19?,21?,22-,23-,24+,25+,26+,27?/m1/s1. The molecule has 4 fully saturated rings. The van der Waals surface area contributed by atoms with Gasteiger partial charge < -0.3 is 25.4 Å². The Hall–Kier alpha value is -0.880. The molecule has 0 radical (unpaired) electrons. The van der Waals surface area contributed by atoms with E-state index >= 15 is 0 Å². The van der Waals surface area contributed by atoms with Gasteiger partial charge in [-0.15, -0.1) is 0 Å². The third-order valence-corrected chi connectivity index (χ3v) is 10.7. The molecular weight excluding hydrogens is 400 g/mol. The molecule has 4 aliphatic rings. The number of fused-ring (bicyclic) bond motifs is 5. The summed E-state index contributed by atoms with van der Waals surface area (Å²) in [5.41, 5.74) is 13.2. The highest BCUT2D eigenvalue weighted by Gasteiger charge is 2.66. The zero-order valence-electron chi connectivity index (χ0n) is 20.2. The molecule has 0 aliphatic heterocycles. The summed E-state index contributed by atoms with van der Waals surface area (Å²) in [6, 6.07) is 2.14. The van der Waals surface area contributed by atoms with Gasteiger partial charge in [-0.2, -0.15) is 0 Å². The summed E-state index contributed by atoms with van der Waals surface area (Å²) in [5, 5.41) is 0. The van der Waals surface area contributed by atoms with Crippen LogP contribution < -0.4 is 11.5 Å². The van der Waals surface area contributed by atoms with Gasteiger partial charge in [0.25, 0.3) is 0 Å². The highest BCUT2D eigenvalue weighted by molar-refractivity contribution is 5.27. The minimum absolute atomic E-state index is 0.151. The first-order valence-electron chi connectivity index (χ1n) is 13.2. The molecule has 4 N–H and O–H groups in total. The lowest BCUT2D eigenvalue weighted by Gasteiger charge is -2.62. The van der Waals surface area contributed by atoms with Crippen molar-refractivity contribution in [2.45, 2.75) is 83.3 Å². The Labute approximate surface area is 194 Å². The van der Waals surface area contributed by atoms with Crippen LogP contribution in [0.2, 0.25) is 0 Å². The van der Waals surface area contributed by atoms with E-state index in [1.807, 2.05) is 12.5 Å². The predicted molar refractivity (Wildman–Crippen MR) is 126 cm³/mol. The Kier molecular flexibility index (Phi) is 6.24. The van der Waals surface area contributed by atoms with Crippen LogP contribution in [0.1, 0.15) is 77.2 Å². The second kappa shape index (κ2) is 8.72. The fraction of sp³-hybridized carbons (Fsp3) is 0.852. The monoisotopic (exact) mass is 444 g/mol. The molecule has 1 aromatic rings. The van der Waals surface area contributed by atoms with Gasteiger partial charge >= 0.3 is 0 Å². The minimum atomic E-state index is -0.250. The van der Waals surface area contributed by atoms with E-state index in [2.05, 4.69) is 19.9 Å². The fourth-order valence-electron chi connectivity index (χ4n) is 9.13. The molecule has 4 aliphatic carbocycles. The molecule has 3 unspecified atom stereocenters. The molecule has 0 bridgehead atoms. The maximum absolute atomic E-state index is 6.71. The third-order valence-electron chi connectivity index (χ3n) is 10.7. The summed E-state index contributed by atoms with van der Waals surface area (Å²) >= 11 is 0. The van der Waals surface area contributed by atoms with Gasteiger partial charge in [0.1, 0.15) is 5.60 Å². The van der Waals surface area contributed by atoms with Gasteiger partial charge in [-0.1, -0.05) is 13.8 Å². The van der Waals surface area contributed by atoms with Crippen molar-refractivity contribution in [1.82, 2.24) is 0 Å². The van der Waals surface area contributed by atoms with Crippen LogP contribution >= 0.6 is 0 Å². The molecule has 0 aromatic carbocycles. The molecule has 5 nitrogen and oxygen atoms in total. The molecule has 1 aromatic heterocycles. The molecule has 180 valence electrons. The zero-order chi connectivity index (χ0) is 22.4. The number of furan rings is 1. The van der Waals surface area contributed by atoms with E-state index in [0.717, 1.165) is 30.1 Å². The van der Waals surface area contributed by atoms with E-state index in [1.165, 1.54) is 56.9 Å². The molecule has 4 saturated carbocycles. The van der Waals surface area contributed by atoms with E-state index in [1.54, 1.807) is 0 Å². The van der Waals surface area contributed by atoms with Crippen molar-refractivity contribution in [1.29, 1.82) is 0 Å². The van der Waals surface area contributed by atoms with Crippen molar-refractivity contribution in [2.24, 2.45) is 46.0 Å². The molecule has 5 heteroatoms. The first-order valence-corrected chi connectivity index (χ1v) is 13.2. The summed E-state index contributed by atoms with van der Waals surface area (Å²) in [4.78, 5) is 0. The Bertz CT molecular complexity index is 769. The van der Waals surface area contributed by atoms with Crippen molar-refractivity contribution in [3.05, 3.63) is 24.2 Å². The van der Waals surface area contributed by atoms with Gasteiger partial charge in [-0.3, -0.25) is 0 Å². The predicted octanol–water partition coefficient (Wildman–Crippen LogP) is 4.84. The molecule has 32 heavy (non-hydrogen) atoms. The van der Waals surface area contributed by atoms with Crippen LogP contribution in [-0.4, -0.2) is 32.4 Å². The SMILES string of the molecule is C[C@]12CCC(OCCN)CC1CC[C@@H]1[C@H]2CC[C@@]2(C)[C@H]1CCC2(OCCN)c1ccoc1. The largest absolute Gasteiger partial charge is 0.472 e. The van der Waals surface area contributed by atoms with E-state index in [0.29, 0.717) is 37.8 Å². The number of rotatable bonds is 7. The lowest BCUT2D eigenvalue weighted by atomic mass is 9.44. The highest BCUT2D eigenvalue weighted by Crippen LogP contribution is 2.71. The van der Waals surface area contributed by atoms with Crippen molar-refractivity contribution in [2.75, 3.05) is 26.3 Å². The minimum Gasteiger partial charge on any atom is -0.472 e. The summed E-state index contributed by atoms with van der Waals surface area (Å²) < 4.78 is 18.4. The van der Waals surface area contributed by atoms with Gasteiger partial charge in [-0.05, 0) is 92.9 Å². The number of nitrogens with two attached hydrogens (primary N) is 2. The fourth-order valence-corrected chi connectivity index (χ4v) is 9.13. The van der Waals surface area contributed by atoms with Gasteiger partial charge in [0, 0.05) is 24.1 Å². The van der Waals surface area contributed by atoms with E-state index in [4.69, 9.17) is 25.4 Å². The highest BCUT2D eigenvalue weighted by atomic mass is 16.5. The molecule has 0 spiro atoms. The van der Waals surface area contributed by atoms with Gasteiger partial charge in [0.2, 0.25) is 0 Å². The van der Waals surface area contributed by atoms with Crippen molar-refractivity contribution < 1.29 is 13.9 Å². The lowest BCUT2D eigenvalue weighted by molar-refractivity contribution is -0.182. The van der Waals surface area contributed by atoms with Gasteiger partial charge in [0.15, 0.2) is 0 Å². The van der Waals surface area contributed by atoms with Crippen LogP contribution in [-0.2, 0) is 15.1 Å². The number of hydrogen-bond acceptors (Lipinski definition) is 5.